The molecule has 7 nitrogen and oxygen atoms in total. The quantitative estimate of drug-likeness (QED) is 0.754. The first-order valence-electron chi connectivity index (χ1n) is 10.5. The van der Waals surface area contributed by atoms with E-state index in [9.17, 15) is 14.0 Å². The number of methoxy groups -OCH3 is 1. The van der Waals surface area contributed by atoms with Crippen LogP contribution >= 0.6 is 0 Å². The summed E-state index contributed by atoms with van der Waals surface area (Å²) in [5.74, 6) is -0.936. The van der Waals surface area contributed by atoms with Crippen LogP contribution in [0.5, 0.6) is 0 Å². The molecule has 0 saturated heterocycles. The second-order valence-electron chi connectivity index (χ2n) is 9.25. The fraction of sp³-hybridized carbons (Fsp3) is 0.522. The molecule has 0 aliphatic carbocycles. The molecular weight excluding hydrogens is 399 g/mol. The third-order valence-electron chi connectivity index (χ3n) is 5.57. The number of aromatic nitrogens is 2. The van der Waals surface area contributed by atoms with Crippen molar-refractivity contribution in [3.8, 4) is 11.4 Å². The number of esters is 1. The van der Waals surface area contributed by atoms with Gasteiger partial charge in [-0.15, -0.1) is 0 Å². The van der Waals surface area contributed by atoms with Gasteiger partial charge in [-0.3, -0.25) is 4.79 Å². The predicted molar refractivity (Wildman–Crippen MR) is 116 cm³/mol. The standard InChI is InChI=1S/C23H31FN4O3/c1-14-8-9-15(16(24)12-14)20-25-18(17-13-27(5)10-7-11-28(17)20)21(29)26-19(22(30)31-6)23(2,3)4/h8-9,12,19H,7,10-11,13H2,1-6H3,(H,26,29). The first-order chi connectivity index (χ1) is 14.5. The third kappa shape index (κ3) is 4.79. The fourth-order valence-corrected chi connectivity index (χ4v) is 3.86. The van der Waals surface area contributed by atoms with E-state index in [4.69, 9.17) is 4.74 Å². The topological polar surface area (TPSA) is 76.5 Å². The summed E-state index contributed by atoms with van der Waals surface area (Å²) in [6.45, 7) is 9.36. The van der Waals surface area contributed by atoms with Crippen molar-refractivity contribution in [2.75, 3.05) is 20.7 Å². The average molecular weight is 431 g/mol. The number of ether oxygens (including phenoxy) is 1. The van der Waals surface area contributed by atoms with Crippen LogP contribution in [0, 0.1) is 18.2 Å². The summed E-state index contributed by atoms with van der Waals surface area (Å²) in [4.78, 5) is 32.3. The molecule has 1 atom stereocenters. The molecule has 1 unspecified atom stereocenters. The number of nitrogens with one attached hydrogen (secondary N) is 1. The predicted octanol–water partition coefficient (Wildman–Crippen LogP) is 3.15. The molecule has 0 spiro atoms. The number of benzene rings is 1. The van der Waals surface area contributed by atoms with Gasteiger partial charge in [-0.2, -0.15) is 0 Å². The molecule has 1 aromatic heterocycles. The summed E-state index contributed by atoms with van der Waals surface area (Å²) in [7, 11) is 3.27. The first kappa shape index (κ1) is 22.9. The Balaban J connectivity index is 2.08. The summed E-state index contributed by atoms with van der Waals surface area (Å²) in [6.07, 6.45) is 0.855. The molecule has 31 heavy (non-hydrogen) atoms. The number of hydrogen-bond donors (Lipinski definition) is 1. The molecule has 2 heterocycles. The molecule has 168 valence electrons. The maximum Gasteiger partial charge on any atom is 0.328 e. The lowest BCUT2D eigenvalue weighted by molar-refractivity contribution is -0.145. The van der Waals surface area contributed by atoms with Crippen molar-refractivity contribution in [1.29, 1.82) is 0 Å². The van der Waals surface area contributed by atoms with E-state index in [0.717, 1.165) is 18.5 Å². The Morgan fingerprint density at radius 3 is 2.58 bits per heavy atom. The summed E-state index contributed by atoms with van der Waals surface area (Å²) in [5.41, 5.74) is 1.54. The van der Waals surface area contributed by atoms with E-state index in [1.54, 1.807) is 6.07 Å². The second kappa shape index (κ2) is 8.78. The van der Waals surface area contributed by atoms with Crippen molar-refractivity contribution in [1.82, 2.24) is 19.8 Å². The van der Waals surface area contributed by atoms with Crippen LogP contribution in [0.3, 0.4) is 0 Å². The molecule has 0 fully saturated rings. The lowest BCUT2D eigenvalue weighted by atomic mass is 9.86. The molecule has 0 radical (unpaired) electrons. The van der Waals surface area contributed by atoms with Crippen LogP contribution in [0.1, 0.15) is 48.9 Å². The summed E-state index contributed by atoms with van der Waals surface area (Å²) < 4.78 is 21.6. The molecule has 1 amide bonds. The van der Waals surface area contributed by atoms with Gasteiger partial charge >= 0.3 is 5.97 Å². The molecule has 0 saturated carbocycles. The molecule has 1 aliphatic heterocycles. The monoisotopic (exact) mass is 430 g/mol. The van der Waals surface area contributed by atoms with Crippen LogP contribution in [0.4, 0.5) is 4.39 Å². The second-order valence-corrected chi connectivity index (χ2v) is 9.25. The van der Waals surface area contributed by atoms with Crippen molar-refractivity contribution in [3.63, 3.8) is 0 Å². The van der Waals surface area contributed by atoms with E-state index in [1.165, 1.54) is 13.2 Å². The third-order valence-corrected chi connectivity index (χ3v) is 5.57. The number of aryl methyl sites for hydroxylation is 1. The van der Waals surface area contributed by atoms with Crippen LogP contribution < -0.4 is 5.32 Å². The van der Waals surface area contributed by atoms with E-state index in [-0.39, 0.29) is 11.5 Å². The highest BCUT2D eigenvalue weighted by Crippen LogP contribution is 2.29. The summed E-state index contributed by atoms with van der Waals surface area (Å²) in [5, 5.41) is 2.80. The minimum absolute atomic E-state index is 0.210. The number of rotatable bonds is 4. The lowest BCUT2D eigenvalue weighted by Gasteiger charge is -2.28. The van der Waals surface area contributed by atoms with E-state index in [2.05, 4.69) is 15.2 Å². The smallest absolute Gasteiger partial charge is 0.328 e. The highest BCUT2D eigenvalue weighted by Gasteiger charge is 2.36. The number of nitrogens with zero attached hydrogens (tertiary/aromatic N) is 3. The number of halogens is 1. The molecule has 1 aromatic carbocycles. The highest BCUT2D eigenvalue weighted by molar-refractivity contribution is 5.97. The molecule has 1 aliphatic rings. The molecule has 3 rings (SSSR count). The Hall–Kier alpha value is -2.74. The van der Waals surface area contributed by atoms with Crippen LogP contribution in [0.25, 0.3) is 11.4 Å². The van der Waals surface area contributed by atoms with Gasteiger partial charge < -0.3 is 19.5 Å². The van der Waals surface area contributed by atoms with Crippen molar-refractivity contribution in [2.24, 2.45) is 5.41 Å². The molecular formula is C23H31FN4O3. The first-order valence-corrected chi connectivity index (χ1v) is 10.5. The van der Waals surface area contributed by atoms with E-state index < -0.39 is 23.3 Å². The minimum Gasteiger partial charge on any atom is -0.467 e. The molecule has 2 aromatic rings. The molecule has 1 N–H and O–H groups in total. The zero-order valence-electron chi connectivity index (χ0n) is 19.1. The van der Waals surface area contributed by atoms with Crippen LogP contribution in [-0.2, 0) is 22.6 Å². The lowest BCUT2D eigenvalue weighted by Crippen LogP contribution is -2.50. The van der Waals surface area contributed by atoms with Crippen molar-refractivity contribution < 1.29 is 18.7 Å². The van der Waals surface area contributed by atoms with E-state index in [1.807, 2.05) is 45.4 Å². The Morgan fingerprint density at radius 1 is 1.26 bits per heavy atom. The summed E-state index contributed by atoms with van der Waals surface area (Å²) >= 11 is 0. The average Bonchev–Trinajstić information content (AvgIpc) is 2.90. The zero-order chi connectivity index (χ0) is 22.9. The van der Waals surface area contributed by atoms with Gasteiger partial charge in [0.1, 0.15) is 17.7 Å². The minimum atomic E-state index is -0.842. The Kier molecular flexibility index (Phi) is 6.50. The van der Waals surface area contributed by atoms with Crippen molar-refractivity contribution in [2.45, 2.75) is 53.2 Å². The number of carbonyl (C=O) groups excluding carboxylic acids is 2. The van der Waals surface area contributed by atoms with Gasteiger partial charge in [0.15, 0.2) is 5.69 Å². The van der Waals surface area contributed by atoms with Crippen LogP contribution in [0.2, 0.25) is 0 Å². The Labute approximate surface area is 182 Å². The number of amides is 1. The number of hydrogen-bond acceptors (Lipinski definition) is 5. The number of imidazole rings is 1. The highest BCUT2D eigenvalue weighted by atomic mass is 19.1. The fourth-order valence-electron chi connectivity index (χ4n) is 3.86. The van der Waals surface area contributed by atoms with Crippen molar-refractivity contribution >= 4 is 11.9 Å². The van der Waals surface area contributed by atoms with Gasteiger partial charge in [0.2, 0.25) is 0 Å². The van der Waals surface area contributed by atoms with Gasteiger partial charge in [0, 0.05) is 13.1 Å². The largest absolute Gasteiger partial charge is 0.467 e. The van der Waals surface area contributed by atoms with Gasteiger partial charge in [0.05, 0.1) is 18.4 Å². The van der Waals surface area contributed by atoms with E-state index >= 15 is 0 Å². The number of fused-ring (bicyclic) bond motifs is 1. The normalized spacial score (nSPS) is 15.7. The Morgan fingerprint density at radius 2 is 1.97 bits per heavy atom. The van der Waals surface area contributed by atoms with Gasteiger partial charge in [-0.25, -0.2) is 14.2 Å². The number of carbonyl (C=O) groups is 2. The molecule has 0 bridgehead atoms. The van der Waals surface area contributed by atoms with Gasteiger partial charge in [-0.1, -0.05) is 26.8 Å². The van der Waals surface area contributed by atoms with Crippen LogP contribution in [0.15, 0.2) is 18.2 Å². The Bertz CT molecular complexity index is 993. The van der Waals surface area contributed by atoms with Crippen molar-refractivity contribution in [3.05, 3.63) is 41.0 Å². The van der Waals surface area contributed by atoms with Gasteiger partial charge in [0.25, 0.3) is 5.91 Å². The maximum atomic E-state index is 14.8. The van der Waals surface area contributed by atoms with Crippen LogP contribution in [-0.4, -0.2) is 53.1 Å². The summed E-state index contributed by atoms with van der Waals surface area (Å²) in [6, 6.07) is 4.15. The van der Waals surface area contributed by atoms with E-state index in [0.29, 0.717) is 30.2 Å². The zero-order valence-corrected chi connectivity index (χ0v) is 19.1. The molecule has 8 heteroatoms. The maximum absolute atomic E-state index is 14.8. The van der Waals surface area contributed by atoms with Gasteiger partial charge in [-0.05, 0) is 50.0 Å². The SMILES string of the molecule is COC(=O)C(NC(=O)c1nc(-c2ccc(C)cc2F)n2c1CN(C)CCC2)C(C)(C)C.